The molecule has 9 nitrogen and oxygen atoms in total. The Morgan fingerprint density at radius 1 is 1.17 bits per heavy atom. The predicted octanol–water partition coefficient (Wildman–Crippen LogP) is 1.31. The van der Waals surface area contributed by atoms with E-state index in [-0.39, 0.29) is 16.6 Å². The highest BCUT2D eigenvalue weighted by Gasteiger charge is 2.13. The number of amides is 1. The van der Waals surface area contributed by atoms with Crippen molar-refractivity contribution < 1.29 is 13.2 Å². The van der Waals surface area contributed by atoms with E-state index >= 15 is 0 Å². The third-order valence-corrected chi connectivity index (χ3v) is 6.19. The summed E-state index contributed by atoms with van der Waals surface area (Å²) in [4.78, 5) is 16.7. The number of aromatic amines is 1. The van der Waals surface area contributed by atoms with Crippen LogP contribution in [0.4, 0.5) is 0 Å². The van der Waals surface area contributed by atoms with Crippen molar-refractivity contribution in [2.45, 2.75) is 16.5 Å². The van der Waals surface area contributed by atoms with Gasteiger partial charge in [-0.3, -0.25) is 9.20 Å². The van der Waals surface area contributed by atoms with E-state index in [9.17, 15) is 13.2 Å². The summed E-state index contributed by atoms with van der Waals surface area (Å²) in [6.45, 7) is 0.443. The molecule has 0 saturated heterocycles. The Labute approximate surface area is 170 Å². The Kier molecular flexibility index (Phi) is 5.26. The van der Waals surface area contributed by atoms with Crippen LogP contribution in [0.25, 0.3) is 16.8 Å². The van der Waals surface area contributed by atoms with E-state index in [4.69, 9.17) is 5.14 Å². The van der Waals surface area contributed by atoms with Gasteiger partial charge >= 0.3 is 0 Å². The van der Waals surface area contributed by atoms with Crippen molar-refractivity contribution in [3.63, 3.8) is 0 Å². The molecule has 0 aliphatic carbocycles. The summed E-state index contributed by atoms with van der Waals surface area (Å²) in [7, 11) is -3.70. The van der Waals surface area contributed by atoms with Crippen molar-refractivity contribution in [2.24, 2.45) is 5.14 Å². The number of primary sulfonamides is 1. The molecule has 2 aromatic heterocycles. The minimum Gasteiger partial charge on any atom is -0.355 e. The molecule has 2 heterocycles. The summed E-state index contributed by atoms with van der Waals surface area (Å²) >= 11 is 1.32. The second-order valence-electron chi connectivity index (χ2n) is 6.34. The van der Waals surface area contributed by atoms with Gasteiger partial charge in [0.2, 0.25) is 21.7 Å². The standard InChI is InChI=1S/C18H18N6O3S2/c19-29(26,27)13-7-5-12(6-8-13)9-10-20-16(25)11-28-18-23-22-17-21-14-3-1-2-4-15(14)24(17)18/h1-8H,9-11H2,(H,20,25)(H,21,22)(H2,19,26,27). The van der Waals surface area contributed by atoms with E-state index in [1.54, 1.807) is 12.1 Å². The molecule has 0 spiro atoms. The van der Waals surface area contributed by atoms with Gasteiger partial charge < -0.3 is 5.32 Å². The summed E-state index contributed by atoms with van der Waals surface area (Å²) in [5.41, 5.74) is 2.70. The number of benzene rings is 2. The predicted molar refractivity (Wildman–Crippen MR) is 110 cm³/mol. The van der Waals surface area contributed by atoms with Crippen LogP contribution < -0.4 is 10.5 Å². The first-order chi connectivity index (χ1) is 13.9. The molecule has 0 saturated carbocycles. The zero-order chi connectivity index (χ0) is 20.4. The van der Waals surface area contributed by atoms with E-state index in [0.29, 0.717) is 23.9 Å². The number of carbonyl (C=O) groups is 1. The number of nitrogens with one attached hydrogen (secondary N) is 2. The van der Waals surface area contributed by atoms with Crippen molar-refractivity contribution in [3.05, 3.63) is 54.1 Å². The smallest absolute Gasteiger partial charge is 0.238 e. The molecule has 29 heavy (non-hydrogen) atoms. The highest BCUT2D eigenvalue weighted by Crippen LogP contribution is 2.22. The van der Waals surface area contributed by atoms with E-state index < -0.39 is 10.0 Å². The molecule has 0 aliphatic rings. The lowest BCUT2D eigenvalue weighted by atomic mass is 10.1. The third-order valence-electron chi connectivity index (χ3n) is 4.32. The van der Waals surface area contributed by atoms with Gasteiger partial charge in [-0.25, -0.2) is 23.6 Å². The number of hydrogen-bond acceptors (Lipinski definition) is 6. The molecule has 1 amide bonds. The quantitative estimate of drug-likeness (QED) is 0.378. The third kappa shape index (κ3) is 4.26. The first kappa shape index (κ1) is 19.4. The fourth-order valence-electron chi connectivity index (χ4n) is 2.91. The summed E-state index contributed by atoms with van der Waals surface area (Å²) in [5, 5.41) is 15.7. The normalized spacial score (nSPS) is 11.9. The summed E-state index contributed by atoms with van der Waals surface area (Å²) < 4.78 is 24.4. The molecule has 0 bridgehead atoms. The molecular weight excluding hydrogens is 412 g/mol. The highest BCUT2D eigenvalue weighted by atomic mass is 32.2. The average Bonchev–Trinajstić information content (AvgIpc) is 3.25. The fraction of sp³-hybridized carbons (Fsp3) is 0.167. The zero-order valence-electron chi connectivity index (χ0n) is 15.2. The number of rotatable bonds is 7. The molecule has 0 radical (unpaired) electrons. The van der Waals surface area contributed by atoms with Gasteiger partial charge in [-0.1, -0.05) is 36.0 Å². The van der Waals surface area contributed by atoms with Gasteiger partial charge in [0.15, 0.2) is 5.16 Å². The lowest BCUT2D eigenvalue weighted by Gasteiger charge is -2.06. The van der Waals surface area contributed by atoms with Crippen LogP contribution in [0.5, 0.6) is 0 Å². The highest BCUT2D eigenvalue weighted by molar-refractivity contribution is 7.99. The van der Waals surface area contributed by atoms with Crippen LogP contribution in [0, 0.1) is 0 Å². The molecule has 4 rings (SSSR count). The van der Waals surface area contributed by atoms with E-state index in [1.165, 1.54) is 23.9 Å². The maximum absolute atomic E-state index is 12.2. The molecule has 0 fully saturated rings. The summed E-state index contributed by atoms with van der Waals surface area (Å²) in [5.74, 6) is 0.741. The molecule has 0 unspecified atom stereocenters. The molecule has 4 N–H and O–H groups in total. The Hall–Kier alpha value is -2.89. The number of fused-ring (bicyclic) bond motifs is 3. The number of nitrogens with two attached hydrogens (primary N) is 1. The van der Waals surface area contributed by atoms with E-state index in [1.807, 2.05) is 28.7 Å². The number of thioether (sulfide) groups is 1. The minimum atomic E-state index is -3.70. The number of nitrogens with zero attached hydrogens (tertiary/aromatic N) is 3. The van der Waals surface area contributed by atoms with Gasteiger partial charge in [0, 0.05) is 6.54 Å². The topological polar surface area (TPSA) is 135 Å². The number of H-pyrrole nitrogens is 1. The van der Waals surface area contributed by atoms with Gasteiger partial charge in [-0.15, -0.1) is 5.10 Å². The number of aromatic nitrogens is 4. The van der Waals surface area contributed by atoms with Crippen LogP contribution >= 0.6 is 11.8 Å². The van der Waals surface area contributed by atoms with Gasteiger partial charge in [-0.2, -0.15) is 0 Å². The van der Waals surface area contributed by atoms with Crippen LogP contribution in [-0.4, -0.2) is 46.2 Å². The Bertz CT molecular complexity index is 1280. The lowest BCUT2D eigenvalue weighted by molar-refractivity contribution is -0.118. The summed E-state index contributed by atoms with van der Waals surface area (Å²) in [6.07, 6.45) is 0.583. The maximum Gasteiger partial charge on any atom is 0.238 e. The van der Waals surface area contributed by atoms with Gasteiger partial charge in [0.1, 0.15) is 0 Å². The average molecular weight is 431 g/mol. The first-order valence-electron chi connectivity index (χ1n) is 8.74. The lowest BCUT2D eigenvalue weighted by Crippen LogP contribution is -2.27. The molecule has 11 heteroatoms. The number of hydrogen-bond donors (Lipinski definition) is 3. The van der Waals surface area contributed by atoms with Gasteiger partial charge in [-0.05, 0) is 36.2 Å². The maximum atomic E-state index is 12.2. The van der Waals surface area contributed by atoms with Crippen LogP contribution in [0.3, 0.4) is 0 Å². The minimum absolute atomic E-state index is 0.0685. The Balaban J connectivity index is 1.31. The van der Waals surface area contributed by atoms with Crippen molar-refractivity contribution in [1.82, 2.24) is 24.9 Å². The van der Waals surface area contributed by atoms with Crippen molar-refractivity contribution in [2.75, 3.05) is 12.3 Å². The fourth-order valence-corrected chi connectivity index (χ4v) is 4.21. The van der Waals surface area contributed by atoms with Crippen molar-refractivity contribution in [1.29, 1.82) is 0 Å². The second-order valence-corrected chi connectivity index (χ2v) is 8.85. The van der Waals surface area contributed by atoms with Crippen LogP contribution in [0.2, 0.25) is 0 Å². The largest absolute Gasteiger partial charge is 0.355 e. The van der Waals surface area contributed by atoms with Gasteiger partial charge in [0.05, 0.1) is 21.7 Å². The van der Waals surface area contributed by atoms with E-state index in [2.05, 4.69) is 20.5 Å². The van der Waals surface area contributed by atoms with Gasteiger partial charge in [0.25, 0.3) is 0 Å². The Morgan fingerprint density at radius 2 is 1.93 bits per heavy atom. The van der Waals surface area contributed by atoms with Crippen molar-refractivity contribution in [3.8, 4) is 0 Å². The molecule has 150 valence electrons. The molecular formula is C18H18N6O3S2. The van der Waals surface area contributed by atoms with Crippen LogP contribution in [-0.2, 0) is 21.2 Å². The molecule has 4 aromatic rings. The number of imidazole rings is 1. The number of para-hydroxylation sites is 2. The number of sulfonamides is 1. The van der Waals surface area contributed by atoms with Crippen LogP contribution in [0.15, 0.2) is 58.6 Å². The van der Waals surface area contributed by atoms with E-state index in [0.717, 1.165) is 16.6 Å². The zero-order valence-corrected chi connectivity index (χ0v) is 16.8. The molecule has 0 atom stereocenters. The summed E-state index contributed by atoms with van der Waals surface area (Å²) in [6, 6.07) is 14.0. The first-order valence-corrected chi connectivity index (χ1v) is 11.3. The Morgan fingerprint density at radius 3 is 2.69 bits per heavy atom. The SMILES string of the molecule is NS(=O)(=O)c1ccc(CCNC(=O)CSc2n[nH]c3nc4ccccc4n23)cc1. The second kappa shape index (κ2) is 7.85. The monoisotopic (exact) mass is 430 g/mol. The molecule has 2 aromatic carbocycles. The van der Waals surface area contributed by atoms with Crippen LogP contribution in [0.1, 0.15) is 5.56 Å². The van der Waals surface area contributed by atoms with Crippen molar-refractivity contribution >= 4 is 44.5 Å². The number of carbonyl (C=O) groups excluding carboxylic acids is 1. The molecule has 0 aliphatic heterocycles.